The quantitative estimate of drug-likeness (QED) is 0.514. The zero-order valence-corrected chi connectivity index (χ0v) is 18.9. The van der Waals surface area contributed by atoms with E-state index < -0.39 is 0 Å². The number of nitrogens with zero attached hydrogens (tertiary/aromatic N) is 3. The van der Waals surface area contributed by atoms with Crippen molar-refractivity contribution in [2.24, 2.45) is 5.92 Å². The van der Waals surface area contributed by atoms with E-state index in [1.165, 1.54) is 28.6 Å². The fourth-order valence-corrected chi connectivity index (χ4v) is 6.42. The van der Waals surface area contributed by atoms with E-state index in [4.69, 9.17) is 9.72 Å². The van der Waals surface area contributed by atoms with Gasteiger partial charge in [-0.3, -0.25) is 14.2 Å². The number of methoxy groups -OCH3 is 1. The highest BCUT2D eigenvalue weighted by Crippen LogP contribution is 2.34. The first-order valence-corrected chi connectivity index (χ1v) is 12.3. The minimum Gasteiger partial charge on any atom is -0.383 e. The molecule has 3 heterocycles. The number of carbonyl (C=O) groups is 1. The van der Waals surface area contributed by atoms with Crippen molar-refractivity contribution in [2.45, 2.75) is 57.1 Å². The van der Waals surface area contributed by atoms with Crippen LogP contribution in [0.15, 0.2) is 9.95 Å². The lowest BCUT2D eigenvalue weighted by atomic mass is 9.97. The molecule has 1 amide bonds. The van der Waals surface area contributed by atoms with E-state index in [1.54, 1.807) is 23.0 Å². The number of aromatic nitrogens is 2. The molecule has 1 aliphatic heterocycles. The van der Waals surface area contributed by atoms with Crippen LogP contribution in [0.2, 0.25) is 0 Å². The monoisotopic (exact) mass is 435 g/mol. The number of aryl methyl sites for hydroxylation is 2. The first-order valence-electron chi connectivity index (χ1n) is 10.5. The Hall–Kier alpha value is -1.38. The summed E-state index contributed by atoms with van der Waals surface area (Å²) >= 11 is 3.05. The van der Waals surface area contributed by atoms with E-state index >= 15 is 0 Å². The molecule has 2 aromatic heterocycles. The highest BCUT2D eigenvalue weighted by Gasteiger charge is 2.24. The number of fused-ring (bicyclic) bond motifs is 3. The summed E-state index contributed by atoms with van der Waals surface area (Å²) < 4.78 is 6.94. The number of hydrogen-bond donors (Lipinski definition) is 0. The lowest BCUT2D eigenvalue weighted by molar-refractivity contribution is -0.129. The fourth-order valence-electron chi connectivity index (χ4n) is 4.19. The van der Waals surface area contributed by atoms with Crippen molar-refractivity contribution in [3.8, 4) is 0 Å². The van der Waals surface area contributed by atoms with Gasteiger partial charge in [-0.15, -0.1) is 11.3 Å². The van der Waals surface area contributed by atoms with Crippen molar-refractivity contribution < 1.29 is 9.53 Å². The van der Waals surface area contributed by atoms with Crippen LogP contribution in [0.4, 0.5) is 0 Å². The maximum absolute atomic E-state index is 13.3. The normalized spacial score (nSPS) is 17.7. The van der Waals surface area contributed by atoms with Gasteiger partial charge in [0.25, 0.3) is 5.56 Å². The number of amides is 1. The molecule has 0 saturated carbocycles. The molecule has 29 heavy (non-hydrogen) atoms. The number of hydrogen-bond acceptors (Lipinski definition) is 6. The number of rotatable bonds is 6. The van der Waals surface area contributed by atoms with E-state index in [0.717, 1.165) is 55.4 Å². The van der Waals surface area contributed by atoms with Crippen molar-refractivity contribution >= 4 is 39.2 Å². The maximum Gasteiger partial charge on any atom is 0.263 e. The number of piperidine rings is 1. The number of carbonyl (C=O) groups excluding carboxylic acids is 1. The van der Waals surface area contributed by atoms with Gasteiger partial charge in [0, 0.05) is 25.1 Å². The summed E-state index contributed by atoms with van der Waals surface area (Å²) in [6.45, 7) is 4.82. The third-order valence-electron chi connectivity index (χ3n) is 6.02. The van der Waals surface area contributed by atoms with E-state index in [-0.39, 0.29) is 11.5 Å². The van der Waals surface area contributed by atoms with Gasteiger partial charge in [0.05, 0.1) is 24.3 Å². The topological polar surface area (TPSA) is 64.4 Å². The second kappa shape index (κ2) is 9.18. The van der Waals surface area contributed by atoms with E-state index in [1.807, 2.05) is 4.90 Å². The van der Waals surface area contributed by atoms with Gasteiger partial charge < -0.3 is 9.64 Å². The van der Waals surface area contributed by atoms with Crippen molar-refractivity contribution in [3.05, 3.63) is 20.8 Å². The van der Waals surface area contributed by atoms with Gasteiger partial charge in [-0.2, -0.15) is 0 Å². The van der Waals surface area contributed by atoms with Crippen LogP contribution in [0, 0.1) is 5.92 Å². The first-order chi connectivity index (χ1) is 14.1. The Bertz CT molecular complexity index is 945. The Balaban J connectivity index is 1.60. The van der Waals surface area contributed by atoms with Gasteiger partial charge in [-0.25, -0.2) is 4.98 Å². The van der Waals surface area contributed by atoms with Crippen molar-refractivity contribution in [1.29, 1.82) is 0 Å². The van der Waals surface area contributed by atoms with Crippen molar-refractivity contribution in [2.75, 3.05) is 32.6 Å². The van der Waals surface area contributed by atoms with Crippen molar-refractivity contribution in [3.63, 3.8) is 0 Å². The Morgan fingerprint density at radius 1 is 1.28 bits per heavy atom. The number of thioether (sulfide) groups is 1. The molecule has 6 nitrogen and oxygen atoms in total. The average molecular weight is 436 g/mol. The molecule has 0 unspecified atom stereocenters. The van der Waals surface area contributed by atoms with Crippen molar-refractivity contribution in [1.82, 2.24) is 14.5 Å². The predicted octanol–water partition coefficient (Wildman–Crippen LogP) is 3.33. The molecule has 1 aliphatic carbocycles. The second-order valence-electron chi connectivity index (χ2n) is 8.09. The van der Waals surface area contributed by atoms with E-state index in [0.29, 0.717) is 30.0 Å². The van der Waals surface area contributed by atoms with Crippen LogP contribution in [0.25, 0.3) is 10.2 Å². The molecule has 1 fully saturated rings. The molecule has 0 bridgehead atoms. The summed E-state index contributed by atoms with van der Waals surface area (Å²) in [5, 5.41) is 1.43. The molecule has 0 radical (unpaired) electrons. The number of ether oxygens (including phenoxy) is 1. The summed E-state index contributed by atoms with van der Waals surface area (Å²) in [6.07, 6.45) is 6.47. The molecule has 0 atom stereocenters. The van der Waals surface area contributed by atoms with Crippen LogP contribution >= 0.6 is 23.1 Å². The SMILES string of the molecule is COCCn1c(SCC(=O)N2CCC(C)CC2)nc2sc3c(c2c1=O)CCCC3. The summed E-state index contributed by atoms with van der Waals surface area (Å²) in [5.74, 6) is 1.16. The van der Waals surface area contributed by atoms with Crippen LogP contribution in [0.5, 0.6) is 0 Å². The summed E-state index contributed by atoms with van der Waals surface area (Å²) in [6, 6.07) is 0. The van der Waals surface area contributed by atoms with E-state index in [9.17, 15) is 9.59 Å². The maximum atomic E-state index is 13.3. The molecular formula is C21H29N3O3S2. The Kier molecular flexibility index (Phi) is 6.61. The predicted molar refractivity (Wildman–Crippen MR) is 118 cm³/mol. The third kappa shape index (κ3) is 4.39. The van der Waals surface area contributed by atoms with Crippen LogP contribution in [0.3, 0.4) is 0 Å². The van der Waals surface area contributed by atoms with Gasteiger partial charge in [0.15, 0.2) is 5.16 Å². The molecule has 0 N–H and O–H groups in total. The van der Waals surface area contributed by atoms with Gasteiger partial charge in [-0.05, 0) is 50.0 Å². The van der Waals surface area contributed by atoms with Crippen LogP contribution in [-0.2, 0) is 28.9 Å². The Morgan fingerprint density at radius 3 is 2.79 bits per heavy atom. The summed E-state index contributed by atoms with van der Waals surface area (Å²) in [7, 11) is 1.64. The molecule has 0 aromatic carbocycles. The highest BCUT2D eigenvalue weighted by atomic mass is 32.2. The van der Waals surface area contributed by atoms with Gasteiger partial charge in [-0.1, -0.05) is 18.7 Å². The molecule has 1 saturated heterocycles. The van der Waals surface area contributed by atoms with Crippen LogP contribution < -0.4 is 5.56 Å². The molecule has 2 aromatic rings. The molecule has 4 rings (SSSR count). The van der Waals surface area contributed by atoms with Crippen LogP contribution in [0.1, 0.15) is 43.0 Å². The minimum absolute atomic E-state index is 0.0215. The molecule has 8 heteroatoms. The molecule has 0 spiro atoms. The summed E-state index contributed by atoms with van der Waals surface area (Å²) in [5.41, 5.74) is 1.23. The largest absolute Gasteiger partial charge is 0.383 e. The number of thiophene rings is 1. The number of likely N-dealkylation sites (tertiary alicyclic amines) is 1. The van der Waals surface area contributed by atoms with Crippen LogP contribution in [-0.4, -0.2) is 52.9 Å². The lowest BCUT2D eigenvalue weighted by Crippen LogP contribution is -2.39. The Morgan fingerprint density at radius 2 is 2.03 bits per heavy atom. The summed E-state index contributed by atoms with van der Waals surface area (Å²) in [4.78, 5) is 35.0. The van der Waals surface area contributed by atoms with Gasteiger partial charge in [0.1, 0.15) is 4.83 Å². The highest BCUT2D eigenvalue weighted by molar-refractivity contribution is 7.99. The second-order valence-corrected chi connectivity index (χ2v) is 10.1. The molecule has 2 aliphatic rings. The molecular weight excluding hydrogens is 406 g/mol. The minimum atomic E-state index is 0.0215. The standard InChI is InChI=1S/C21H29N3O3S2/c1-14-7-9-23(10-8-14)17(25)13-28-21-22-19-18(20(26)24(21)11-12-27-2)15-5-3-4-6-16(15)29-19/h14H,3-13H2,1-2H3. The average Bonchev–Trinajstić information content (AvgIpc) is 3.10. The zero-order chi connectivity index (χ0) is 20.4. The fraction of sp³-hybridized carbons (Fsp3) is 0.667. The smallest absolute Gasteiger partial charge is 0.263 e. The first kappa shape index (κ1) is 20.9. The van der Waals surface area contributed by atoms with Gasteiger partial charge >= 0.3 is 0 Å². The lowest BCUT2D eigenvalue weighted by Gasteiger charge is -2.30. The zero-order valence-electron chi connectivity index (χ0n) is 17.2. The van der Waals surface area contributed by atoms with E-state index in [2.05, 4.69) is 6.92 Å². The molecule has 158 valence electrons. The van der Waals surface area contributed by atoms with Gasteiger partial charge in [0.2, 0.25) is 5.91 Å². The third-order valence-corrected chi connectivity index (χ3v) is 8.17. The Labute approximate surface area is 179 Å².